The van der Waals surface area contributed by atoms with Gasteiger partial charge < -0.3 is 15.4 Å². The molecular weight excluding hydrogens is 414 g/mol. The van der Waals surface area contributed by atoms with Crippen LogP contribution in [0.5, 0.6) is 0 Å². The summed E-state index contributed by atoms with van der Waals surface area (Å²) in [5.41, 5.74) is 4.47. The van der Waals surface area contributed by atoms with Gasteiger partial charge in [-0.05, 0) is 18.6 Å². The largest absolute Gasteiger partial charge is 0.379 e. The third kappa shape index (κ3) is 4.14. The Bertz CT molecular complexity index is 1200. The average molecular weight is 438 g/mol. The fraction of sp³-hybridized carbons (Fsp3) is 0.318. The Hall–Kier alpha value is -2.94. The van der Waals surface area contributed by atoms with Gasteiger partial charge in [-0.25, -0.2) is 15.0 Å². The number of fused-ring (bicyclic) bond motifs is 3. The zero-order chi connectivity index (χ0) is 21.2. The number of aromatic nitrogens is 4. The predicted octanol–water partition coefficient (Wildman–Crippen LogP) is 3.73. The van der Waals surface area contributed by atoms with Crippen LogP contribution in [0.1, 0.15) is 5.56 Å². The minimum Gasteiger partial charge on any atom is -0.379 e. The van der Waals surface area contributed by atoms with E-state index in [-0.39, 0.29) is 0 Å². The van der Waals surface area contributed by atoms with Crippen molar-refractivity contribution in [3.8, 4) is 0 Å². The first-order valence-electron chi connectivity index (χ1n) is 10.4. The number of pyridine rings is 1. The molecule has 1 aliphatic rings. The van der Waals surface area contributed by atoms with E-state index in [0.717, 1.165) is 73.0 Å². The van der Waals surface area contributed by atoms with Gasteiger partial charge in [0.25, 0.3) is 0 Å². The summed E-state index contributed by atoms with van der Waals surface area (Å²) in [5, 5.41) is 7.47. The molecule has 0 amide bonds. The number of imidazole rings is 1. The number of morpholine rings is 1. The Balaban J connectivity index is 1.43. The summed E-state index contributed by atoms with van der Waals surface area (Å²) in [6.45, 7) is 7.35. The molecule has 31 heavy (non-hydrogen) atoms. The van der Waals surface area contributed by atoms with Crippen LogP contribution in [0.3, 0.4) is 0 Å². The number of aryl methyl sites for hydroxylation is 1. The topological polar surface area (TPSA) is 79.6 Å². The molecule has 5 rings (SSSR count). The number of halogens is 1. The lowest BCUT2D eigenvalue weighted by Crippen LogP contribution is -2.39. The number of nitrogens with zero attached hydrogens (tertiary/aromatic N) is 5. The number of hydrogen-bond donors (Lipinski definition) is 2. The summed E-state index contributed by atoms with van der Waals surface area (Å²) in [6.07, 6.45) is 5.39. The molecule has 160 valence electrons. The number of para-hydroxylation sites is 1. The van der Waals surface area contributed by atoms with Gasteiger partial charge in [0.2, 0.25) is 0 Å². The van der Waals surface area contributed by atoms with Crippen molar-refractivity contribution in [2.75, 3.05) is 50.0 Å². The van der Waals surface area contributed by atoms with Gasteiger partial charge in [-0.15, -0.1) is 0 Å². The molecule has 0 aliphatic carbocycles. The highest BCUT2D eigenvalue weighted by molar-refractivity contribution is 6.33. The molecule has 1 aliphatic heterocycles. The van der Waals surface area contributed by atoms with Gasteiger partial charge in [0.05, 0.1) is 53.7 Å². The van der Waals surface area contributed by atoms with Gasteiger partial charge in [-0.3, -0.25) is 9.30 Å². The molecule has 3 aromatic heterocycles. The molecule has 1 saturated heterocycles. The molecule has 0 spiro atoms. The van der Waals surface area contributed by atoms with E-state index in [0.29, 0.717) is 10.8 Å². The van der Waals surface area contributed by atoms with Crippen LogP contribution in [0.15, 0.2) is 43.0 Å². The maximum atomic E-state index is 6.42. The van der Waals surface area contributed by atoms with E-state index in [1.807, 2.05) is 41.8 Å². The lowest BCUT2D eigenvalue weighted by molar-refractivity contribution is 0.0398. The van der Waals surface area contributed by atoms with E-state index < -0.39 is 0 Å². The molecule has 0 bridgehead atoms. The number of rotatable bonds is 6. The molecule has 4 aromatic rings. The molecule has 1 fully saturated rings. The van der Waals surface area contributed by atoms with Gasteiger partial charge in [0.15, 0.2) is 5.82 Å². The summed E-state index contributed by atoms with van der Waals surface area (Å²) in [5.74, 6) is 1.50. The molecule has 4 heterocycles. The van der Waals surface area contributed by atoms with Crippen molar-refractivity contribution in [2.45, 2.75) is 6.92 Å². The van der Waals surface area contributed by atoms with E-state index in [1.54, 1.807) is 12.5 Å². The molecule has 9 heteroatoms. The summed E-state index contributed by atoms with van der Waals surface area (Å²) >= 11 is 6.42. The summed E-state index contributed by atoms with van der Waals surface area (Å²) in [6, 6.07) is 7.79. The second kappa shape index (κ2) is 8.66. The number of ether oxygens (including phenoxy) is 1. The maximum Gasteiger partial charge on any atom is 0.157 e. The molecular formula is C22H24ClN7O. The highest BCUT2D eigenvalue weighted by Gasteiger charge is 2.13. The third-order valence-corrected chi connectivity index (χ3v) is 5.85. The van der Waals surface area contributed by atoms with Crippen molar-refractivity contribution < 1.29 is 4.74 Å². The van der Waals surface area contributed by atoms with E-state index in [9.17, 15) is 0 Å². The highest BCUT2D eigenvalue weighted by Crippen LogP contribution is 2.31. The fourth-order valence-electron chi connectivity index (χ4n) is 3.82. The fourth-order valence-corrected chi connectivity index (χ4v) is 4.09. The van der Waals surface area contributed by atoms with Crippen LogP contribution in [-0.4, -0.2) is 63.6 Å². The smallest absolute Gasteiger partial charge is 0.157 e. The Morgan fingerprint density at radius 2 is 2.03 bits per heavy atom. The van der Waals surface area contributed by atoms with E-state index in [2.05, 4.69) is 25.5 Å². The van der Waals surface area contributed by atoms with Crippen molar-refractivity contribution in [3.05, 3.63) is 53.6 Å². The van der Waals surface area contributed by atoms with Gasteiger partial charge in [0, 0.05) is 32.2 Å². The van der Waals surface area contributed by atoms with Crippen molar-refractivity contribution in [2.24, 2.45) is 0 Å². The van der Waals surface area contributed by atoms with Crippen molar-refractivity contribution in [3.63, 3.8) is 0 Å². The first-order valence-corrected chi connectivity index (χ1v) is 10.7. The van der Waals surface area contributed by atoms with Gasteiger partial charge in [-0.2, -0.15) is 0 Å². The minimum atomic E-state index is 0.653. The van der Waals surface area contributed by atoms with Crippen LogP contribution in [0.2, 0.25) is 5.02 Å². The van der Waals surface area contributed by atoms with Gasteiger partial charge in [-0.1, -0.05) is 23.7 Å². The second-order valence-electron chi connectivity index (χ2n) is 7.61. The minimum absolute atomic E-state index is 0.653. The molecule has 0 unspecified atom stereocenters. The van der Waals surface area contributed by atoms with Crippen molar-refractivity contribution in [1.29, 1.82) is 0 Å². The van der Waals surface area contributed by atoms with E-state index in [1.165, 1.54) is 0 Å². The van der Waals surface area contributed by atoms with E-state index >= 15 is 0 Å². The van der Waals surface area contributed by atoms with Crippen LogP contribution in [0.4, 0.5) is 17.3 Å². The quantitative estimate of drug-likeness (QED) is 0.475. The predicted molar refractivity (Wildman–Crippen MR) is 124 cm³/mol. The SMILES string of the molecule is Cc1cccc(Cl)c1Nc1nc2cc(NCCN3CCOCC3)ncc2n2cncc12. The normalized spacial score (nSPS) is 14.9. The lowest BCUT2D eigenvalue weighted by atomic mass is 10.2. The zero-order valence-corrected chi connectivity index (χ0v) is 18.1. The average Bonchev–Trinajstić information content (AvgIpc) is 3.27. The summed E-state index contributed by atoms with van der Waals surface area (Å²) in [7, 11) is 0. The molecule has 1 aromatic carbocycles. The number of nitrogens with one attached hydrogen (secondary N) is 2. The molecule has 2 N–H and O–H groups in total. The Kier molecular flexibility index (Phi) is 5.59. The Morgan fingerprint density at radius 3 is 2.87 bits per heavy atom. The van der Waals surface area contributed by atoms with Crippen LogP contribution in [0.25, 0.3) is 16.6 Å². The summed E-state index contributed by atoms with van der Waals surface area (Å²) < 4.78 is 7.39. The lowest BCUT2D eigenvalue weighted by Gasteiger charge is -2.26. The number of hydrogen-bond acceptors (Lipinski definition) is 7. The van der Waals surface area contributed by atoms with Crippen LogP contribution < -0.4 is 10.6 Å². The highest BCUT2D eigenvalue weighted by atomic mass is 35.5. The van der Waals surface area contributed by atoms with Gasteiger partial charge in [0.1, 0.15) is 11.3 Å². The summed E-state index contributed by atoms with van der Waals surface area (Å²) in [4.78, 5) is 16.2. The van der Waals surface area contributed by atoms with Gasteiger partial charge >= 0.3 is 0 Å². The Labute approximate surface area is 185 Å². The Morgan fingerprint density at radius 1 is 1.16 bits per heavy atom. The first-order chi connectivity index (χ1) is 15.2. The maximum absolute atomic E-state index is 6.42. The number of anilines is 3. The molecule has 0 atom stereocenters. The standard InChI is InChI=1S/C22H24ClN7O/c1-15-3-2-4-16(23)21(15)28-22-19-12-24-14-30(19)18-13-26-20(11-17(18)27-22)25-5-6-29-7-9-31-10-8-29/h2-4,11-14H,5-10H2,1H3,(H,25,26)(H,27,28). The molecule has 0 saturated carbocycles. The first kappa shape index (κ1) is 20.0. The second-order valence-corrected chi connectivity index (χ2v) is 8.01. The molecule has 8 nitrogen and oxygen atoms in total. The number of benzene rings is 1. The molecule has 0 radical (unpaired) electrons. The van der Waals surface area contributed by atoms with E-state index in [4.69, 9.17) is 21.3 Å². The van der Waals surface area contributed by atoms with Crippen LogP contribution in [0, 0.1) is 6.92 Å². The monoisotopic (exact) mass is 437 g/mol. The van der Waals surface area contributed by atoms with Crippen molar-refractivity contribution >= 4 is 45.5 Å². The third-order valence-electron chi connectivity index (χ3n) is 5.54. The van der Waals surface area contributed by atoms with Crippen LogP contribution >= 0.6 is 11.6 Å². The zero-order valence-electron chi connectivity index (χ0n) is 17.3. The van der Waals surface area contributed by atoms with Crippen molar-refractivity contribution in [1.82, 2.24) is 24.3 Å². The van der Waals surface area contributed by atoms with Crippen LogP contribution in [-0.2, 0) is 4.74 Å².